The molecule has 5 nitrogen and oxygen atoms in total. The van der Waals surface area contributed by atoms with Crippen LogP contribution in [-0.4, -0.2) is 61.0 Å². The smallest absolute Gasteiger partial charge is 0.225 e. The first kappa shape index (κ1) is 18.9. The van der Waals surface area contributed by atoms with Crippen LogP contribution in [0.15, 0.2) is 4.99 Å². The van der Waals surface area contributed by atoms with Crippen LogP contribution < -0.4 is 10.6 Å². The van der Waals surface area contributed by atoms with Crippen molar-refractivity contribution >= 4 is 23.6 Å². The first-order valence-corrected chi connectivity index (χ1v) is 11.3. The number of aliphatic imine (C=N–C) groups is 1. The van der Waals surface area contributed by atoms with Crippen molar-refractivity contribution in [1.29, 1.82) is 0 Å². The summed E-state index contributed by atoms with van der Waals surface area (Å²) in [5.74, 6) is 4.79. The van der Waals surface area contributed by atoms with E-state index in [0.717, 1.165) is 68.7 Å². The minimum atomic E-state index is 0.245. The van der Waals surface area contributed by atoms with Gasteiger partial charge >= 0.3 is 0 Å². The number of rotatable bonds is 6. The Morgan fingerprint density at radius 1 is 1.12 bits per heavy atom. The average molecular weight is 367 g/mol. The molecule has 3 fully saturated rings. The van der Waals surface area contributed by atoms with Crippen LogP contribution in [0.1, 0.15) is 51.4 Å². The average Bonchev–Trinajstić information content (AvgIpc) is 3.49. The number of carbonyl (C=O) groups is 1. The third kappa shape index (κ3) is 6.08. The summed E-state index contributed by atoms with van der Waals surface area (Å²) in [5, 5.41) is 7.01. The second-order valence-corrected chi connectivity index (χ2v) is 8.94. The van der Waals surface area contributed by atoms with Crippen LogP contribution in [0.2, 0.25) is 0 Å². The van der Waals surface area contributed by atoms with Crippen LogP contribution in [0, 0.1) is 11.8 Å². The summed E-state index contributed by atoms with van der Waals surface area (Å²) in [6.07, 6.45) is 9.63. The van der Waals surface area contributed by atoms with Crippen molar-refractivity contribution in [1.82, 2.24) is 15.5 Å². The topological polar surface area (TPSA) is 56.7 Å². The Morgan fingerprint density at radius 3 is 2.48 bits per heavy atom. The van der Waals surface area contributed by atoms with Crippen LogP contribution in [-0.2, 0) is 4.79 Å². The molecular formula is C19H34N4OS. The highest BCUT2D eigenvalue weighted by Crippen LogP contribution is 2.33. The molecule has 0 bridgehead atoms. The van der Waals surface area contributed by atoms with Crippen molar-refractivity contribution in [3.63, 3.8) is 0 Å². The largest absolute Gasteiger partial charge is 0.356 e. The summed E-state index contributed by atoms with van der Waals surface area (Å²) in [4.78, 5) is 19.1. The molecular weight excluding hydrogens is 332 g/mol. The lowest BCUT2D eigenvalue weighted by Gasteiger charge is -2.34. The number of thioether (sulfide) groups is 1. The Kier molecular flexibility index (Phi) is 7.32. The Balaban J connectivity index is 1.33. The second kappa shape index (κ2) is 9.70. The lowest BCUT2D eigenvalue weighted by Crippen LogP contribution is -2.47. The lowest BCUT2D eigenvalue weighted by atomic mass is 9.85. The van der Waals surface area contributed by atoms with Crippen LogP contribution >= 0.6 is 11.8 Å². The molecule has 0 spiro atoms. The van der Waals surface area contributed by atoms with Gasteiger partial charge in [0.05, 0.1) is 0 Å². The highest BCUT2D eigenvalue weighted by atomic mass is 32.2. The van der Waals surface area contributed by atoms with Crippen molar-refractivity contribution in [2.45, 2.75) is 57.4 Å². The molecule has 2 aliphatic carbocycles. The van der Waals surface area contributed by atoms with E-state index in [1.165, 1.54) is 25.7 Å². The number of guanidine groups is 1. The molecule has 3 rings (SSSR count). The summed E-state index contributed by atoms with van der Waals surface area (Å²) in [5.41, 5.74) is 0. The quantitative estimate of drug-likeness (QED) is 0.431. The monoisotopic (exact) mass is 366 g/mol. The van der Waals surface area contributed by atoms with Gasteiger partial charge in [-0.15, -0.1) is 0 Å². The first-order chi connectivity index (χ1) is 12.3. The van der Waals surface area contributed by atoms with E-state index in [1.807, 2.05) is 18.8 Å². The highest BCUT2D eigenvalue weighted by Gasteiger charge is 2.30. The Labute approximate surface area is 156 Å². The molecule has 2 saturated carbocycles. The zero-order valence-corrected chi connectivity index (χ0v) is 16.5. The molecule has 2 N–H and O–H groups in total. The number of nitrogens with one attached hydrogen (secondary N) is 2. The molecule has 1 amide bonds. The number of amides is 1. The van der Waals surface area contributed by atoms with Gasteiger partial charge in [0.2, 0.25) is 5.91 Å². The molecule has 1 saturated heterocycles. The van der Waals surface area contributed by atoms with E-state index < -0.39 is 0 Å². The normalized spacial score (nSPS) is 27.9. The Bertz CT molecular complexity index is 452. The Morgan fingerprint density at radius 2 is 1.84 bits per heavy atom. The molecule has 3 aliphatic rings. The van der Waals surface area contributed by atoms with Crippen LogP contribution in [0.3, 0.4) is 0 Å². The molecule has 6 heteroatoms. The summed E-state index contributed by atoms with van der Waals surface area (Å²) in [7, 11) is 1.85. The maximum Gasteiger partial charge on any atom is 0.225 e. The summed E-state index contributed by atoms with van der Waals surface area (Å²) in [6.45, 7) is 2.90. The van der Waals surface area contributed by atoms with Crippen molar-refractivity contribution in [3.8, 4) is 0 Å². The van der Waals surface area contributed by atoms with Gasteiger partial charge < -0.3 is 15.5 Å². The number of hydrogen-bond donors (Lipinski definition) is 2. The molecule has 142 valence electrons. The van der Waals surface area contributed by atoms with E-state index in [4.69, 9.17) is 0 Å². The molecule has 0 aromatic carbocycles. The van der Waals surface area contributed by atoms with Gasteiger partial charge in [0, 0.05) is 50.1 Å². The van der Waals surface area contributed by atoms with E-state index in [-0.39, 0.29) is 5.92 Å². The first-order valence-electron chi connectivity index (χ1n) is 10.1. The molecule has 1 aliphatic heterocycles. The zero-order chi connectivity index (χ0) is 17.5. The van der Waals surface area contributed by atoms with E-state index >= 15 is 0 Å². The SMILES string of the molecule is CN=C(NCCCC1CC1)NC1CCC(C(=O)N2CCSCC2)CC1. The summed E-state index contributed by atoms with van der Waals surface area (Å²) >= 11 is 1.96. The van der Waals surface area contributed by atoms with Gasteiger partial charge in [0.25, 0.3) is 0 Å². The van der Waals surface area contributed by atoms with E-state index in [0.29, 0.717) is 11.9 Å². The molecule has 1 heterocycles. The molecule has 0 aromatic heterocycles. The van der Waals surface area contributed by atoms with Crippen LogP contribution in [0.5, 0.6) is 0 Å². The van der Waals surface area contributed by atoms with Gasteiger partial charge in [-0.05, 0) is 44.4 Å². The van der Waals surface area contributed by atoms with Gasteiger partial charge in [-0.2, -0.15) is 11.8 Å². The van der Waals surface area contributed by atoms with Crippen LogP contribution in [0.25, 0.3) is 0 Å². The van der Waals surface area contributed by atoms with Gasteiger partial charge in [-0.25, -0.2) is 0 Å². The summed E-state index contributed by atoms with van der Waals surface area (Å²) < 4.78 is 0. The zero-order valence-electron chi connectivity index (χ0n) is 15.6. The fourth-order valence-electron chi connectivity index (χ4n) is 3.92. The van der Waals surface area contributed by atoms with Crippen molar-refractivity contribution in [3.05, 3.63) is 0 Å². The predicted molar refractivity (Wildman–Crippen MR) is 106 cm³/mol. The van der Waals surface area contributed by atoms with Gasteiger partial charge in [0.1, 0.15) is 0 Å². The van der Waals surface area contributed by atoms with Crippen LogP contribution in [0.4, 0.5) is 0 Å². The fraction of sp³-hybridized carbons (Fsp3) is 0.895. The maximum atomic E-state index is 12.6. The third-order valence-corrected chi connectivity index (χ3v) is 6.68. The third-order valence-electron chi connectivity index (χ3n) is 5.74. The summed E-state index contributed by atoms with van der Waals surface area (Å²) in [6, 6.07) is 0.454. The molecule has 0 atom stereocenters. The molecule has 0 radical (unpaired) electrons. The standard InChI is InChI=1S/C19H34N4OS/c1-20-19(21-10-2-3-15-4-5-15)22-17-8-6-16(7-9-17)18(24)23-11-13-25-14-12-23/h15-17H,2-14H2,1H3,(H2,20,21,22). The molecule has 0 unspecified atom stereocenters. The number of nitrogens with zero attached hydrogens (tertiary/aromatic N) is 2. The van der Waals surface area contributed by atoms with Crippen molar-refractivity contribution in [2.75, 3.05) is 38.2 Å². The van der Waals surface area contributed by atoms with Gasteiger partial charge in [0.15, 0.2) is 5.96 Å². The van der Waals surface area contributed by atoms with E-state index in [2.05, 4.69) is 20.5 Å². The maximum absolute atomic E-state index is 12.6. The predicted octanol–water partition coefficient (Wildman–Crippen LogP) is 2.48. The molecule has 0 aromatic rings. The molecule has 25 heavy (non-hydrogen) atoms. The van der Waals surface area contributed by atoms with Crippen molar-refractivity contribution < 1.29 is 4.79 Å². The number of hydrogen-bond acceptors (Lipinski definition) is 3. The minimum Gasteiger partial charge on any atom is -0.356 e. The van der Waals surface area contributed by atoms with Gasteiger partial charge in [-0.3, -0.25) is 9.79 Å². The van der Waals surface area contributed by atoms with E-state index in [9.17, 15) is 4.79 Å². The number of carbonyl (C=O) groups excluding carboxylic acids is 1. The minimum absolute atomic E-state index is 0.245. The van der Waals surface area contributed by atoms with E-state index in [1.54, 1.807) is 0 Å². The van der Waals surface area contributed by atoms with Gasteiger partial charge in [-0.1, -0.05) is 12.8 Å². The Hall–Kier alpha value is -0.910. The van der Waals surface area contributed by atoms with Crippen molar-refractivity contribution in [2.24, 2.45) is 16.8 Å². The highest BCUT2D eigenvalue weighted by molar-refractivity contribution is 7.99. The fourth-order valence-corrected chi connectivity index (χ4v) is 4.82. The lowest BCUT2D eigenvalue weighted by molar-refractivity contribution is -0.136. The second-order valence-electron chi connectivity index (χ2n) is 7.72.